The van der Waals surface area contributed by atoms with Gasteiger partial charge in [-0.05, 0) is 23.1 Å². The van der Waals surface area contributed by atoms with Crippen LogP contribution < -0.4 is 15.8 Å². The number of esters is 1. The van der Waals surface area contributed by atoms with Crippen LogP contribution in [0.4, 0.5) is 5.69 Å². The van der Waals surface area contributed by atoms with Gasteiger partial charge in [0.25, 0.3) is 0 Å². The minimum Gasteiger partial charge on any atom is -0.495 e. The molecule has 0 aliphatic carbocycles. The van der Waals surface area contributed by atoms with Crippen LogP contribution in [0.5, 0.6) is 5.75 Å². The molecule has 0 heterocycles. The molecule has 20 heavy (non-hydrogen) atoms. The summed E-state index contributed by atoms with van der Waals surface area (Å²) >= 11 is 0. The first-order chi connectivity index (χ1) is 9.62. The number of carbonyl (C=O) groups is 1. The van der Waals surface area contributed by atoms with Crippen molar-refractivity contribution in [2.24, 2.45) is 5.73 Å². The van der Waals surface area contributed by atoms with Gasteiger partial charge in [-0.3, -0.25) is 4.79 Å². The van der Waals surface area contributed by atoms with E-state index in [0.717, 1.165) is 27.8 Å². The van der Waals surface area contributed by atoms with Gasteiger partial charge in [0.1, 0.15) is 11.8 Å². The predicted octanol–water partition coefficient (Wildman–Crippen LogP) is 2.06. The Kier molecular flexibility index (Phi) is 4.10. The third-order valence-corrected chi connectivity index (χ3v) is 3.29. The number of benzene rings is 2. The fraction of sp³-hybridized carbons (Fsp3) is 0.267. The molecule has 0 saturated heterocycles. The molecular formula is C15H18N2O3. The zero-order valence-corrected chi connectivity index (χ0v) is 11.8. The lowest BCUT2D eigenvalue weighted by Crippen LogP contribution is -2.22. The highest BCUT2D eigenvalue weighted by molar-refractivity contribution is 5.97. The second-order valence-corrected chi connectivity index (χ2v) is 4.37. The topological polar surface area (TPSA) is 73.6 Å². The normalized spacial score (nSPS) is 12.0. The summed E-state index contributed by atoms with van der Waals surface area (Å²) < 4.78 is 9.98. The van der Waals surface area contributed by atoms with Gasteiger partial charge in [0.05, 0.1) is 19.9 Å². The molecule has 5 heteroatoms. The van der Waals surface area contributed by atoms with Crippen LogP contribution in [0.15, 0.2) is 30.3 Å². The van der Waals surface area contributed by atoms with E-state index in [9.17, 15) is 4.79 Å². The van der Waals surface area contributed by atoms with Crippen molar-refractivity contribution in [3.05, 3.63) is 35.9 Å². The SMILES string of the molecule is CNc1c(OC)ccc2cc([C@H](N)C(=O)OC)ccc12. The molecule has 2 aromatic rings. The molecule has 5 nitrogen and oxygen atoms in total. The van der Waals surface area contributed by atoms with Crippen molar-refractivity contribution < 1.29 is 14.3 Å². The maximum atomic E-state index is 11.5. The van der Waals surface area contributed by atoms with Gasteiger partial charge in [-0.2, -0.15) is 0 Å². The van der Waals surface area contributed by atoms with Gasteiger partial charge in [-0.15, -0.1) is 0 Å². The van der Waals surface area contributed by atoms with Gasteiger partial charge in [0.15, 0.2) is 0 Å². The lowest BCUT2D eigenvalue weighted by molar-refractivity contribution is -0.142. The van der Waals surface area contributed by atoms with Crippen LogP contribution in [0, 0.1) is 0 Å². The van der Waals surface area contributed by atoms with Crippen LogP contribution in [-0.2, 0) is 9.53 Å². The number of hydrogen-bond acceptors (Lipinski definition) is 5. The van der Waals surface area contributed by atoms with Gasteiger partial charge < -0.3 is 20.5 Å². The first-order valence-electron chi connectivity index (χ1n) is 6.24. The van der Waals surface area contributed by atoms with Crippen molar-refractivity contribution in [2.75, 3.05) is 26.6 Å². The van der Waals surface area contributed by atoms with Crippen LogP contribution in [0.25, 0.3) is 10.8 Å². The zero-order chi connectivity index (χ0) is 14.7. The van der Waals surface area contributed by atoms with E-state index < -0.39 is 12.0 Å². The largest absolute Gasteiger partial charge is 0.495 e. The van der Waals surface area contributed by atoms with E-state index in [4.69, 9.17) is 10.5 Å². The van der Waals surface area contributed by atoms with Crippen molar-refractivity contribution in [1.82, 2.24) is 0 Å². The summed E-state index contributed by atoms with van der Waals surface area (Å²) in [5.74, 6) is 0.316. The second kappa shape index (κ2) is 5.79. The van der Waals surface area contributed by atoms with Crippen LogP contribution in [0.2, 0.25) is 0 Å². The van der Waals surface area contributed by atoms with Crippen molar-refractivity contribution in [3.63, 3.8) is 0 Å². The highest BCUT2D eigenvalue weighted by atomic mass is 16.5. The smallest absolute Gasteiger partial charge is 0.327 e. The van der Waals surface area contributed by atoms with Crippen molar-refractivity contribution in [1.29, 1.82) is 0 Å². The fourth-order valence-corrected chi connectivity index (χ4v) is 2.21. The summed E-state index contributed by atoms with van der Waals surface area (Å²) in [5.41, 5.74) is 7.48. The molecule has 0 aromatic heterocycles. The van der Waals surface area contributed by atoms with Crippen molar-refractivity contribution >= 4 is 22.4 Å². The van der Waals surface area contributed by atoms with Crippen molar-refractivity contribution in [3.8, 4) is 5.75 Å². The molecule has 0 aliphatic heterocycles. The monoisotopic (exact) mass is 274 g/mol. The number of nitrogens with one attached hydrogen (secondary N) is 1. The maximum absolute atomic E-state index is 11.5. The van der Waals surface area contributed by atoms with E-state index in [-0.39, 0.29) is 0 Å². The average molecular weight is 274 g/mol. The number of ether oxygens (including phenoxy) is 2. The molecule has 0 spiro atoms. The van der Waals surface area contributed by atoms with Gasteiger partial charge in [0, 0.05) is 12.4 Å². The Bertz CT molecular complexity index is 640. The molecule has 106 valence electrons. The molecule has 0 fully saturated rings. The average Bonchev–Trinajstić information content (AvgIpc) is 2.51. The predicted molar refractivity (Wildman–Crippen MR) is 79.0 cm³/mol. The molecule has 1 atom stereocenters. The van der Waals surface area contributed by atoms with E-state index in [2.05, 4.69) is 10.1 Å². The standard InChI is InChI=1S/C15H18N2O3/c1-17-14-11-6-4-10(13(16)15(18)20-3)8-9(11)5-7-12(14)19-2/h4-8,13,17H,16H2,1-3H3/t13-/m0/s1. The minimum absolute atomic E-state index is 0.452. The van der Waals surface area contributed by atoms with E-state index in [1.165, 1.54) is 7.11 Å². The lowest BCUT2D eigenvalue weighted by Gasteiger charge is -2.14. The molecule has 0 aliphatic rings. The van der Waals surface area contributed by atoms with E-state index in [0.29, 0.717) is 0 Å². The van der Waals surface area contributed by atoms with E-state index in [1.807, 2.05) is 37.4 Å². The molecule has 0 bridgehead atoms. The molecule has 0 unspecified atom stereocenters. The van der Waals surface area contributed by atoms with E-state index >= 15 is 0 Å². The first kappa shape index (κ1) is 14.1. The summed E-state index contributed by atoms with van der Waals surface area (Å²) in [6, 6.07) is 8.66. The Hall–Kier alpha value is -2.27. The van der Waals surface area contributed by atoms with Crippen molar-refractivity contribution in [2.45, 2.75) is 6.04 Å². The lowest BCUT2D eigenvalue weighted by atomic mass is 10.0. The molecule has 2 rings (SSSR count). The first-order valence-corrected chi connectivity index (χ1v) is 6.24. The molecule has 2 aromatic carbocycles. The van der Waals surface area contributed by atoms with Gasteiger partial charge in [0.2, 0.25) is 0 Å². The Balaban J connectivity index is 2.53. The van der Waals surface area contributed by atoms with Crippen LogP contribution >= 0.6 is 0 Å². The molecule has 0 radical (unpaired) electrons. The number of hydrogen-bond donors (Lipinski definition) is 2. The number of anilines is 1. The number of carbonyl (C=O) groups excluding carboxylic acids is 1. The quantitative estimate of drug-likeness (QED) is 0.835. The summed E-state index contributed by atoms with van der Waals surface area (Å²) in [5, 5.41) is 5.11. The molecule has 3 N–H and O–H groups in total. The summed E-state index contributed by atoms with van der Waals surface area (Å²) in [7, 11) is 4.79. The second-order valence-electron chi connectivity index (χ2n) is 4.37. The molecule has 0 saturated carbocycles. The highest BCUT2D eigenvalue weighted by Gasteiger charge is 2.17. The Morgan fingerprint density at radius 2 is 2.00 bits per heavy atom. The van der Waals surface area contributed by atoms with Crippen LogP contribution in [0.1, 0.15) is 11.6 Å². The van der Waals surface area contributed by atoms with Crippen LogP contribution in [-0.4, -0.2) is 27.2 Å². The Labute approximate surface area is 117 Å². The number of fused-ring (bicyclic) bond motifs is 1. The number of rotatable bonds is 4. The Morgan fingerprint density at radius 3 is 2.60 bits per heavy atom. The fourth-order valence-electron chi connectivity index (χ4n) is 2.21. The van der Waals surface area contributed by atoms with Gasteiger partial charge in [-0.25, -0.2) is 0 Å². The summed E-state index contributed by atoms with van der Waals surface area (Å²) in [6.45, 7) is 0. The number of methoxy groups -OCH3 is 2. The third-order valence-electron chi connectivity index (χ3n) is 3.29. The van der Waals surface area contributed by atoms with Crippen LogP contribution in [0.3, 0.4) is 0 Å². The summed E-state index contributed by atoms with van der Waals surface area (Å²) in [6.07, 6.45) is 0. The van der Waals surface area contributed by atoms with Gasteiger partial charge >= 0.3 is 5.97 Å². The summed E-state index contributed by atoms with van der Waals surface area (Å²) in [4.78, 5) is 11.5. The van der Waals surface area contributed by atoms with Gasteiger partial charge in [-0.1, -0.05) is 18.2 Å². The minimum atomic E-state index is -0.774. The third kappa shape index (κ3) is 2.40. The Morgan fingerprint density at radius 1 is 1.25 bits per heavy atom. The zero-order valence-electron chi connectivity index (χ0n) is 11.8. The number of nitrogens with two attached hydrogens (primary N) is 1. The van der Waals surface area contributed by atoms with E-state index in [1.54, 1.807) is 7.11 Å². The maximum Gasteiger partial charge on any atom is 0.327 e. The highest BCUT2D eigenvalue weighted by Crippen LogP contribution is 2.33. The molecule has 0 amide bonds. The molecular weight excluding hydrogens is 256 g/mol.